The number of likely N-dealkylation sites (tertiary alicyclic amines) is 1. The van der Waals surface area contributed by atoms with Crippen molar-refractivity contribution in [2.75, 3.05) is 24.5 Å². The van der Waals surface area contributed by atoms with Crippen LogP contribution in [0, 0.1) is 0 Å². The van der Waals surface area contributed by atoms with E-state index in [0.717, 1.165) is 12.1 Å². The zero-order chi connectivity index (χ0) is 19.7. The lowest BCUT2D eigenvalue weighted by Crippen LogP contribution is -2.48. The number of sulfonamides is 1. The second-order valence-electron chi connectivity index (χ2n) is 7.55. The van der Waals surface area contributed by atoms with E-state index in [-0.39, 0.29) is 18.0 Å². The molecule has 2 aliphatic heterocycles. The summed E-state index contributed by atoms with van der Waals surface area (Å²) in [5, 5.41) is 1.76. The maximum atomic E-state index is 12.9. The predicted molar refractivity (Wildman–Crippen MR) is 111 cm³/mol. The van der Waals surface area contributed by atoms with Crippen LogP contribution in [0.3, 0.4) is 0 Å². The third-order valence-electron chi connectivity index (χ3n) is 5.50. The fourth-order valence-electron chi connectivity index (χ4n) is 4.12. The highest BCUT2D eigenvalue weighted by Crippen LogP contribution is 2.32. The predicted octanol–water partition coefficient (Wildman–Crippen LogP) is 2.47. The number of hydrogen-bond acceptors (Lipinski definition) is 5. The van der Waals surface area contributed by atoms with Gasteiger partial charge in [-0.2, -0.15) is 0 Å². The van der Waals surface area contributed by atoms with Crippen LogP contribution in [0.2, 0.25) is 0 Å². The average molecular weight is 420 g/mol. The van der Waals surface area contributed by atoms with E-state index in [9.17, 15) is 13.2 Å². The minimum absolute atomic E-state index is 0.0788. The number of amides is 1. The van der Waals surface area contributed by atoms with Crippen LogP contribution in [0.25, 0.3) is 0 Å². The highest BCUT2D eigenvalue weighted by Gasteiger charge is 2.32. The Kier molecular flexibility index (Phi) is 5.55. The summed E-state index contributed by atoms with van der Waals surface area (Å²) in [6.45, 7) is 3.90. The molecule has 1 N–H and O–H groups in total. The first-order valence-corrected chi connectivity index (χ1v) is 12.0. The maximum Gasteiger partial charge on any atom is 0.250 e. The van der Waals surface area contributed by atoms with Gasteiger partial charge >= 0.3 is 0 Å². The molecule has 1 saturated heterocycles. The zero-order valence-electron chi connectivity index (χ0n) is 15.9. The van der Waals surface area contributed by atoms with Gasteiger partial charge in [-0.05, 0) is 49.3 Å². The number of nitrogens with one attached hydrogen (secondary N) is 1. The Morgan fingerprint density at radius 1 is 1.18 bits per heavy atom. The molecule has 1 aromatic carbocycles. The van der Waals surface area contributed by atoms with Gasteiger partial charge in [0.05, 0.1) is 6.54 Å². The monoisotopic (exact) mass is 419 g/mol. The van der Waals surface area contributed by atoms with Crippen molar-refractivity contribution in [3.8, 4) is 0 Å². The van der Waals surface area contributed by atoms with Gasteiger partial charge in [0.2, 0.25) is 15.9 Å². The van der Waals surface area contributed by atoms with Crippen LogP contribution in [-0.4, -0.2) is 50.9 Å². The fourth-order valence-corrected chi connectivity index (χ4v) is 6.43. The highest BCUT2D eigenvalue weighted by molar-refractivity contribution is 7.91. The van der Waals surface area contributed by atoms with Crippen LogP contribution in [-0.2, 0) is 21.2 Å². The molecular formula is C20H25N3O3S2. The summed E-state index contributed by atoms with van der Waals surface area (Å²) in [6.07, 6.45) is 2.32. The molecule has 28 heavy (non-hydrogen) atoms. The molecule has 0 spiro atoms. The maximum absolute atomic E-state index is 12.9. The van der Waals surface area contributed by atoms with Gasteiger partial charge in [-0.25, -0.2) is 13.1 Å². The van der Waals surface area contributed by atoms with E-state index in [2.05, 4.69) is 22.6 Å². The normalized spacial score (nSPS) is 21.0. The van der Waals surface area contributed by atoms with Crippen LogP contribution in [0.15, 0.2) is 46.0 Å². The molecule has 8 heteroatoms. The molecule has 0 saturated carbocycles. The molecule has 1 unspecified atom stereocenters. The first-order valence-electron chi connectivity index (χ1n) is 9.62. The number of carbonyl (C=O) groups is 1. The van der Waals surface area contributed by atoms with Crippen molar-refractivity contribution in [2.45, 2.75) is 42.5 Å². The largest absolute Gasteiger partial charge is 0.308 e. The van der Waals surface area contributed by atoms with Gasteiger partial charge in [0.25, 0.3) is 0 Å². The molecule has 4 rings (SSSR count). The third kappa shape index (κ3) is 4.00. The first kappa shape index (κ1) is 19.6. The second-order valence-corrected chi connectivity index (χ2v) is 10.4. The van der Waals surface area contributed by atoms with E-state index in [1.165, 1.54) is 16.9 Å². The Bertz CT molecular complexity index is 935. The molecule has 1 atom stereocenters. The highest BCUT2D eigenvalue weighted by atomic mass is 32.2. The van der Waals surface area contributed by atoms with Crippen LogP contribution in [0.4, 0.5) is 5.69 Å². The van der Waals surface area contributed by atoms with Crippen molar-refractivity contribution >= 4 is 33.0 Å². The molecule has 1 aromatic heterocycles. The van der Waals surface area contributed by atoms with E-state index in [0.29, 0.717) is 36.7 Å². The number of rotatable bonds is 5. The smallest absolute Gasteiger partial charge is 0.250 e. The van der Waals surface area contributed by atoms with E-state index < -0.39 is 10.0 Å². The van der Waals surface area contributed by atoms with Crippen molar-refractivity contribution in [1.82, 2.24) is 9.62 Å². The van der Waals surface area contributed by atoms with E-state index in [1.807, 2.05) is 23.1 Å². The molecule has 0 bridgehead atoms. The summed E-state index contributed by atoms with van der Waals surface area (Å²) in [5.74, 6) is 0.120. The molecule has 1 amide bonds. The fraction of sp³-hybridized carbons (Fsp3) is 0.450. The quantitative estimate of drug-likeness (QED) is 0.808. The lowest BCUT2D eigenvalue weighted by Gasteiger charge is -2.33. The van der Waals surface area contributed by atoms with Gasteiger partial charge in [0.1, 0.15) is 4.21 Å². The molecule has 2 aromatic rings. The Morgan fingerprint density at radius 2 is 1.93 bits per heavy atom. The summed E-state index contributed by atoms with van der Waals surface area (Å²) < 4.78 is 27.9. The molecular weight excluding hydrogens is 394 g/mol. The van der Waals surface area contributed by atoms with Crippen LogP contribution in [0.1, 0.15) is 25.3 Å². The summed E-state index contributed by atoms with van der Waals surface area (Å²) >= 11 is 1.23. The molecule has 1 fully saturated rings. The van der Waals surface area contributed by atoms with Gasteiger partial charge in [0, 0.05) is 30.9 Å². The Balaban J connectivity index is 1.32. The van der Waals surface area contributed by atoms with Gasteiger partial charge < -0.3 is 4.90 Å². The molecule has 0 aliphatic carbocycles. The Morgan fingerprint density at radius 3 is 2.64 bits per heavy atom. The van der Waals surface area contributed by atoms with Crippen molar-refractivity contribution < 1.29 is 13.2 Å². The van der Waals surface area contributed by atoms with Gasteiger partial charge in [-0.3, -0.25) is 9.69 Å². The summed E-state index contributed by atoms with van der Waals surface area (Å²) in [6, 6.07) is 11.6. The van der Waals surface area contributed by atoms with Crippen LogP contribution in [0.5, 0.6) is 0 Å². The van der Waals surface area contributed by atoms with Crippen LogP contribution < -0.4 is 9.62 Å². The number of fused-ring (bicyclic) bond motifs is 1. The number of piperidine rings is 1. The Labute approximate surface area is 170 Å². The number of benzene rings is 1. The summed E-state index contributed by atoms with van der Waals surface area (Å²) in [4.78, 5) is 17.0. The van der Waals surface area contributed by atoms with Crippen molar-refractivity contribution in [3.05, 3.63) is 47.3 Å². The number of para-hydroxylation sites is 1. The van der Waals surface area contributed by atoms with Gasteiger partial charge in [-0.15, -0.1) is 11.3 Å². The van der Waals surface area contributed by atoms with E-state index in [4.69, 9.17) is 0 Å². The number of anilines is 1. The van der Waals surface area contributed by atoms with Crippen molar-refractivity contribution in [2.24, 2.45) is 0 Å². The van der Waals surface area contributed by atoms with Crippen LogP contribution >= 0.6 is 11.3 Å². The standard InChI is InChI=1S/C20H25N3O3S2/c1-15-13-16-5-2-3-6-18(16)23(15)19(24)14-22-10-8-17(9-11-22)21-28(25,26)20-7-4-12-27-20/h2-7,12,15,17,21H,8-11,13-14H2,1H3. The van der Waals surface area contributed by atoms with Crippen molar-refractivity contribution in [1.29, 1.82) is 0 Å². The lowest BCUT2D eigenvalue weighted by molar-refractivity contribution is -0.120. The number of thiophene rings is 1. The lowest BCUT2D eigenvalue weighted by atomic mass is 10.1. The minimum atomic E-state index is -3.44. The topological polar surface area (TPSA) is 69.7 Å². The molecule has 3 heterocycles. The second kappa shape index (κ2) is 7.94. The SMILES string of the molecule is CC1Cc2ccccc2N1C(=O)CN1CCC(NS(=O)(=O)c2cccs2)CC1. The van der Waals surface area contributed by atoms with Gasteiger partial charge in [0.15, 0.2) is 0 Å². The van der Waals surface area contributed by atoms with E-state index >= 15 is 0 Å². The Hall–Kier alpha value is -1.74. The van der Waals surface area contributed by atoms with Gasteiger partial charge in [-0.1, -0.05) is 24.3 Å². The van der Waals surface area contributed by atoms with E-state index in [1.54, 1.807) is 17.5 Å². The summed E-state index contributed by atoms with van der Waals surface area (Å²) in [7, 11) is -3.44. The molecule has 0 radical (unpaired) electrons. The number of hydrogen-bond donors (Lipinski definition) is 1. The van der Waals surface area contributed by atoms with Crippen molar-refractivity contribution in [3.63, 3.8) is 0 Å². The third-order valence-corrected chi connectivity index (χ3v) is 8.42. The zero-order valence-corrected chi connectivity index (χ0v) is 17.5. The first-order chi connectivity index (χ1) is 13.4. The molecule has 150 valence electrons. The number of carbonyl (C=O) groups excluding carboxylic acids is 1. The summed E-state index contributed by atoms with van der Waals surface area (Å²) in [5.41, 5.74) is 2.25. The molecule has 6 nitrogen and oxygen atoms in total. The molecule has 2 aliphatic rings. The number of nitrogens with zero attached hydrogens (tertiary/aromatic N) is 2. The average Bonchev–Trinajstić information content (AvgIpc) is 3.30. The minimum Gasteiger partial charge on any atom is -0.308 e.